The molecule has 0 unspecified atom stereocenters. The topological polar surface area (TPSA) is 12.0 Å². The fourth-order valence-electron chi connectivity index (χ4n) is 0. The Kier molecular flexibility index (Phi) is 52.8. The molecule has 3 heteroatoms. The van der Waals surface area contributed by atoms with Gasteiger partial charge < -0.3 is 8.17 Å². The Labute approximate surface area is 80.5 Å². The normalized spacial score (nSPS) is 3.60. The zero-order chi connectivity index (χ0) is 2.71. The zero-order valence-electron chi connectivity index (χ0n) is 6.50. The molecule has 0 spiro atoms. The van der Waals surface area contributed by atoms with Crippen LogP contribution in [0.25, 0.3) is 0 Å². The van der Waals surface area contributed by atoms with Gasteiger partial charge in [-0.05, 0) is 14.1 Å². The zero-order valence-corrected chi connectivity index (χ0v) is 8.50. The van der Waals surface area contributed by atoms with Crippen molar-refractivity contribution >= 4 is 0 Å². The van der Waals surface area contributed by atoms with Crippen LogP contribution in [-0.4, -0.2) is 14.1 Å². The van der Waals surface area contributed by atoms with Gasteiger partial charge in [0.15, 0.2) is 0 Å². The third-order valence-electron chi connectivity index (χ3n) is 0. The first-order valence-corrected chi connectivity index (χ1v) is 1.00. The summed E-state index contributed by atoms with van der Waals surface area (Å²) < 4.78 is 0. The van der Waals surface area contributed by atoms with Crippen LogP contribution in [-0.2, 0) is 0 Å². The summed E-state index contributed by atoms with van der Waals surface area (Å²) in [6.07, 6.45) is 0. The van der Waals surface area contributed by atoms with Crippen LogP contribution in [0.5, 0.6) is 0 Å². The van der Waals surface area contributed by atoms with E-state index in [1.165, 1.54) is 0 Å². The van der Waals surface area contributed by atoms with Gasteiger partial charge in [-0.2, -0.15) is 0 Å². The molecule has 0 aromatic heterocycles. The molecule has 0 heterocycles. The first-order chi connectivity index (χ1) is 1.41. The Hall–Kier alpha value is 1.96. The second kappa shape index (κ2) is 16.7. The molecule has 0 bridgehead atoms. The number of rotatable bonds is 0. The number of nitrogens with one attached hydrogen (secondary N) is 1. The van der Waals surface area contributed by atoms with Crippen LogP contribution >= 0.6 is 0 Å². The molecule has 24 valence electrons. The van der Waals surface area contributed by atoms with E-state index >= 15 is 0 Å². The van der Waals surface area contributed by atoms with Crippen molar-refractivity contribution in [2.75, 3.05) is 14.1 Å². The minimum Gasteiger partial charge on any atom is -1.00 e. The monoisotopic (exact) mass is 93.1 g/mol. The summed E-state index contributed by atoms with van der Waals surface area (Å²) in [5, 5.41) is 2.75. The fourth-order valence-corrected chi connectivity index (χ4v) is 0. The van der Waals surface area contributed by atoms with Crippen molar-refractivity contribution in [3.05, 3.63) is 0 Å². The van der Waals surface area contributed by atoms with Crippen molar-refractivity contribution in [3.63, 3.8) is 0 Å². The van der Waals surface area contributed by atoms with Gasteiger partial charge >= 0.3 is 59.1 Å². The Morgan fingerprint density at radius 3 is 1.20 bits per heavy atom. The molecule has 5 heavy (non-hydrogen) atoms. The summed E-state index contributed by atoms with van der Waals surface area (Å²) in [6, 6.07) is 0. The molecule has 0 fully saturated rings. The first-order valence-electron chi connectivity index (χ1n) is 1.00. The predicted octanol–water partition coefficient (Wildman–Crippen LogP) is -5.93. The third-order valence-corrected chi connectivity index (χ3v) is 0. The average Bonchev–Trinajstić information content (AvgIpc) is 0.918. The second-order valence-electron chi connectivity index (χ2n) is 0.500. The van der Waals surface area contributed by atoms with Crippen molar-refractivity contribution in [2.24, 2.45) is 0 Å². The standard InChI is InChI=1S/C2H7N.2Na.2H/c1-3-2;;;;/h3H,1-2H3;;;;/q;2*+1;2*-1. The molecule has 0 saturated heterocycles. The van der Waals surface area contributed by atoms with Gasteiger partial charge in [0.1, 0.15) is 0 Å². The van der Waals surface area contributed by atoms with E-state index in [0.717, 1.165) is 0 Å². The van der Waals surface area contributed by atoms with Crippen molar-refractivity contribution in [2.45, 2.75) is 0 Å². The van der Waals surface area contributed by atoms with Gasteiger partial charge in [0.05, 0.1) is 0 Å². The number of hydrogen-bond acceptors (Lipinski definition) is 1. The molecule has 0 aromatic rings. The van der Waals surface area contributed by atoms with E-state index in [0.29, 0.717) is 0 Å². The maximum absolute atomic E-state index is 2.75. The van der Waals surface area contributed by atoms with Gasteiger partial charge in [-0.15, -0.1) is 0 Å². The van der Waals surface area contributed by atoms with Crippen LogP contribution in [0.2, 0.25) is 0 Å². The maximum Gasteiger partial charge on any atom is 1.00 e. The molecule has 0 radical (unpaired) electrons. The quantitative estimate of drug-likeness (QED) is 0.294. The predicted molar refractivity (Wildman–Crippen MR) is 17.2 cm³/mol. The van der Waals surface area contributed by atoms with E-state index in [4.69, 9.17) is 0 Å². The molecule has 0 atom stereocenters. The van der Waals surface area contributed by atoms with Crippen LogP contribution in [0, 0.1) is 0 Å². The molecular formula is C2H9NNa2. The molecular weight excluding hydrogens is 84.0 g/mol. The third kappa shape index (κ3) is 24.3. The van der Waals surface area contributed by atoms with Crippen LogP contribution in [0.3, 0.4) is 0 Å². The number of hydrogen-bond donors (Lipinski definition) is 1. The van der Waals surface area contributed by atoms with Gasteiger partial charge in [-0.3, -0.25) is 0 Å². The Morgan fingerprint density at radius 2 is 1.20 bits per heavy atom. The van der Waals surface area contributed by atoms with E-state index in [1.807, 2.05) is 14.1 Å². The van der Waals surface area contributed by atoms with Gasteiger partial charge in [0, 0.05) is 0 Å². The molecule has 0 amide bonds. The minimum absolute atomic E-state index is 0. The fraction of sp³-hybridized carbons (Fsp3) is 1.00. The molecule has 0 aliphatic rings. The summed E-state index contributed by atoms with van der Waals surface area (Å²) >= 11 is 0. The second-order valence-corrected chi connectivity index (χ2v) is 0.500. The molecule has 1 N–H and O–H groups in total. The van der Waals surface area contributed by atoms with Crippen molar-refractivity contribution < 1.29 is 62.0 Å². The van der Waals surface area contributed by atoms with Gasteiger partial charge in [-0.1, -0.05) is 0 Å². The average molecular weight is 93.1 g/mol. The summed E-state index contributed by atoms with van der Waals surface area (Å²) in [7, 11) is 3.75. The largest absolute Gasteiger partial charge is 1.00 e. The Bertz CT molecular complexity index is 13.7. The molecule has 1 nitrogen and oxygen atoms in total. The van der Waals surface area contributed by atoms with Gasteiger partial charge in [0.2, 0.25) is 0 Å². The molecule has 0 aliphatic carbocycles. The van der Waals surface area contributed by atoms with E-state index in [2.05, 4.69) is 5.32 Å². The van der Waals surface area contributed by atoms with Gasteiger partial charge in [-0.25, -0.2) is 0 Å². The van der Waals surface area contributed by atoms with E-state index in [1.54, 1.807) is 0 Å². The molecule has 0 aromatic carbocycles. The summed E-state index contributed by atoms with van der Waals surface area (Å²) in [5.74, 6) is 0. The van der Waals surface area contributed by atoms with Crippen molar-refractivity contribution in [1.82, 2.24) is 5.32 Å². The first kappa shape index (κ1) is 15.8. The molecule has 0 aliphatic heterocycles. The molecule has 0 saturated carbocycles. The van der Waals surface area contributed by atoms with Gasteiger partial charge in [0.25, 0.3) is 0 Å². The van der Waals surface area contributed by atoms with E-state index in [9.17, 15) is 0 Å². The SMILES string of the molecule is CNC.[H-].[H-].[Na+].[Na+]. The Balaban J connectivity index is -0.00000000333. The van der Waals surface area contributed by atoms with Crippen LogP contribution in [0.1, 0.15) is 2.85 Å². The van der Waals surface area contributed by atoms with Crippen LogP contribution in [0.4, 0.5) is 0 Å². The maximum atomic E-state index is 2.75. The van der Waals surface area contributed by atoms with Crippen molar-refractivity contribution in [3.8, 4) is 0 Å². The summed E-state index contributed by atoms with van der Waals surface area (Å²) in [6.45, 7) is 0. The van der Waals surface area contributed by atoms with Crippen molar-refractivity contribution in [1.29, 1.82) is 0 Å². The van der Waals surface area contributed by atoms with Crippen LogP contribution < -0.4 is 64.4 Å². The smallest absolute Gasteiger partial charge is 1.00 e. The molecule has 0 rings (SSSR count). The summed E-state index contributed by atoms with van der Waals surface area (Å²) in [4.78, 5) is 0. The van der Waals surface area contributed by atoms with E-state index in [-0.39, 0.29) is 62.0 Å². The minimum atomic E-state index is 0. The Morgan fingerprint density at radius 1 is 1.20 bits per heavy atom. The van der Waals surface area contributed by atoms with Crippen LogP contribution in [0.15, 0.2) is 0 Å². The van der Waals surface area contributed by atoms with E-state index < -0.39 is 0 Å². The summed E-state index contributed by atoms with van der Waals surface area (Å²) in [5.41, 5.74) is 0.